The third-order valence-electron chi connectivity index (χ3n) is 2.23. The first kappa shape index (κ1) is 14.7. The van der Waals surface area contributed by atoms with Crippen LogP contribution in [-0.4, -0.2) is 19.7 Å². The Hall–Kier alpha value is -0.320. The van der Waals surface area contributed by atoms with Crippen LogP contribution in [0.25, 0.3) is 0 Å². The molecule has 0 heterocycles. The lowest BCUT2D eigenvalue weighted by Crippen LogP contribution is -2.14. The first-order chi connectivity index (χ1) is 8.15. The number of hydrogen-bond donors (Lipinski definition) is 1. The minimum atomic E-state index is -0.461. The van der Waals surface area contributed by atoms with Gasteiger partial charge in [-0.15, -0.1) is 0 Å². The van der Waals surface area contributed by atoms with Crippen LogP contribution in [0, 0.1) is 5.82 Å². The largest absolute Gasteiger partial charge is 0.492 e. The van der Waals surface area contributed by atoms with Crippen LogP contribution in [0.1, 0.15) is 19.8 Å². The topological polar surface area (TPSA) is 21.3 Å². The van der Waals surface area contributed by atoms with Crippen LogP contribution in [-0.2, 0) is 0 Å². The van der Waals surface area contributed by atoms with Crippen molar-refractivity contribution in [3.63, 3.8) is 0 Å². The Morgan fingerprint density at radius 1 is 1.41 bits per heavy atom. The molecule has 0 unspecified atom stereocenters. The highest BCUT2D eigenvalue weighted by molar-refractivity contribution is 9.10. The summed E-state index contributed by atoms with van der Waals surface area (Å²) in [5, 5.41) is 3.33. The van der Waals surface area contributed by atoms with Gasteiger partial charge < -0.3 is 10.1 Å². The minimum Gasteiger partial charge on any atom is -0.492 e. The van der Waals surface area contributed by atoms with Crippen molar-refractivity contribution in [2.75, 3.05) is 19.7 Å². The molecule has 0 aliphatic heterocycles. The molecule has 0 saturated carbocycles. The second kappa shape index (κ2) is 7.90. The molecule has 0 amide bonds. The van der Waals surface area contributed by atoms with E-state index in [4.69, 9.17) is 16.3 Å². The summed E-state index contributed by atoms with van der Waals surface area (Å²) >= 11 is 8.92. The van der Waals surface area contributed by atoms with Crippen molar-refractivity contribution >= 4 is 27.5 Å². The van der Waals surface area contributed by atoms with E-state index in [1.165, 1.54) is 12.1 Å². The maximum Gasteiger partial charge on any atom is 0.145 e. The van der Waals surface area contributed by atoms with Crippen LogP contribution in [0.5, 0.6) is 5.75 Å². The summed E-state index contributed by atoms with van der Waals surface area (Å²) in [5.41, 5.74) is 0. The van der Waals surface area contributed by atoms with Crippen molar-refractivity contribution < 1.29 is 9.13 Å². The Morgan fingerprint density at radius 2 is 2.18 bits per heavy atom. The molecule has 0 spiro atoms. The molecule has 5 heteroatoms. The lowest BCUT2D eigenvalue weighted by molar-refractivity contribution is 0.303. The summed E-state index contributed by atoms with van der Waals surface area (Å²) in [6.07, 6.45) is 1.98. The second-order valence-electron chi connectivity index (χ2n) is 3.61. The van der Waals surface area contributed by atoms with Gasteiger partial charge in [0.2, 0.25) is 0 Å². The molecule has 1 aromatic carbocycles. The third-order valence-corrected chi connectivity index (χ3v) is 3.14. The molecule has 0 bridgehead atoms. The highest BCUT2D eigenvalue weighted by Crippen LogP contribution is 2.30. The monoisotopic (exact) mass is 323 g/mol. The molecule has 1 aromatic rings. The molecule has 0 radical (unpaired) electrons. The van der Waals surface area contributed by atoms with Gasteiger partial charge in [0, 0.05) is 6.07 Å². The highest BCUT2D eigenvalue weighted by atomic mass is 79.9. The average molecular weight is 325 g/mol. The van der Waals surface area contributed by atoms with E-state index in [0.717, 1.165) is 25.9 Å². The van der Waals surface area contributed by atoms with Gasteiger partial charge in [-0.05, 0) is 47.9 Å². The number of nitrogens with one attached hydrogen (secondary N) is 1. The molecule has 0 atom stereocenters. The number of benzene rings is 1. The molecule has 1 N–H and O–H groups in total. The van der Waals surface area contributed by atoms with Crippen LogP contribution in [0.3, 0.4) is 0 Å². The average Bonchev–Trinajstić information content (AvgIpc) is 2.30. The summed E-state index contributed by atoms with van der Waals surface area (Å²) in [4.78, 5) is 0. The normalized spacial score (nSPS) is 10.6. The quantitative estimate of drug-likeness (QED) is 0.604. The molecule has 0 aromatic heterocycles. The number of unbranched alkanes of at least 4 members (excludes halogenated alkanes) is 1. The predicted molar refractivity (Wildman–Crippen MR) is 72.4 cm³/mol. The van der Waals surface area contributed by atoms with Gasteiger partial charge in [-0.3, -0.25) is 0 Å². The van der Waals surface area contributed by atoms with Crippen LogP contribution in [0.4, 0.5) is 4.39 Å². The zero-order chi connectivity index (χ0) is 12.7. The number of hydrogen-bond acceptors (Lipinski definition) is 2. The summed E-state index contributed by atoms with van der Waals surface area (Å²) in [6.45, 7) is 4.61. The van der Waals surface area contributed by atoms with Gasteiger partial charge in [0.1, 0.15) is 11.6 Å². The number of halogens is 3. The van der Waals surface area contributed by atoms with Gasteiger partial charge in [0.05, 0.1) is 16.1 Å². The van der Waals surface area contributed by atoms with Crippen molar-refractivity contribution in [2.45, 2.75) is 19.8 Å². The van der Waals surface area contributed by atoms with E-state index in [1.54, 1.807) is 0 Å². The number of rotatable bonds is 7. The molecular formula is C12H16BrClFNO. The third kappa shape index (κ3) is 5.23. The first-order valence-corrected chi connectivity index (χ1v) is 6.80. The summed E-state index contributed by atoms with van der Waals surface area (Å²) in [5.74, 6) is 0.0351. The molecular weight excluding hydrogens is 308 g/mol. The van der Waals surface area contributed by atoms with E-state index in [9.17, 15) is 4.39 Å². The molecule has 0 aliphatic rings. The summed E-state index contributed by atoms with van der Waals surface area (Å²) in [7, 11) is 0. The molecule has 2 nitrogen and oxygen atoms in total. The molecule has 0 aliphatic carbocycles. The Kier molecular flexibility index (Phi) is 6.85. The van der Waals surface area contributed by atoms with Crippen molar-refractivity contribution in [3.8, 4) is 5.75 Å². The van der Waals surface area contributed by atoms with E-state index in [1.807, 2.05) is 0 Å². The Bertz CT molecular complexity index is 363. The molecule has 0 fully saturated rings. The fourth-order valence-electron chi connectivity index (χ4n) is 1.33. The van der Waals surface area contributed by atoms with Crippen LogP contribution in [0.2, 0.25) is 5.02 Å². The summed E-state index contributed by atoms with van der Waals surface area (Å²) < 4.78 is 19.3. The molecule has 96 valence electrons. The molecule has 1 rings (SSSR count). The fraction of sp³-hybridized carbons (Fsp3) is 0.500. The maximum absolute atomic E-state index is 13.2. The van der Waals surface area contributed by atoms with Crippen LogP contribution >= 0.6 is 27.5 Å². The Balaban J connectivity index is 2.34. The number of ether oxygens (including phenoxy) is 1. The van der Waals surface area contributed by atoms with Crippen LogP contribution < -0.4 is 10.1 Å². The van der Waals surface area contributed by atoms with Crippen molar-refractivity contribution in [1.82, 2.24) is 5.32 Å². The van der Waals surface area contributed by atoms with Crippen LogP contribution in [0.15, 0.2) is 16.6 Å². The standard InChI is InChI=1S/C12H16BrClFNO/c1-2-16-5-3-4-6-17-12-8-11(15)10(14)7-9(12)13/h7-8,16H,2-6H2,1H3. The van der Waals surface area contributed by atoms with Crippen molar-refractivity contribution in [3.05, 3.63) is 27.4 Å². The molecule has 17 heavy (non-hydrogen) atoms. The second-order valence-corrected chi connectivity index (χ2v) is 4.87. The Labute approximate surface area is 115 Å². The zero-order valence-corrected chi connectivity index (χ0v) is 12.1. The van der Waals surface area contributed by atoms with E-state index < -0.39 is 5.82 Å². The van der Waals surface area contributed by atoms with Crippen molar-refractivity contribution in [1.29, 1.82) is 0 Å². The first-order valence-electron chi connectivity index (χ1n) is 5.63. The minimum absolute atomic E-state index is 0.0939. The zero-order valence-electron chi connectivity index (χ0n) is 9.73. The smallest absolute Gasteiger partial charge is 0.145 e. The fourth-order valence-corrected chi connectivity index (χ4v) is 2.08. The Morgan fingerprint density at radius 3 is 2.88 bits per heavy atom. The van der Waals surface area contributed by atoms with Crippen molar-refractivity contribution in [2.24, 2.45) is 0 Å². The molecule has 0 saturated heterocycles. The van der Waals surface area contributed by atoms with Gasteiger partial charge in [-0.2, -0.15) is 0 Å². The SMILES string of the molecule is CCNCCCCOc1cc(F)c(Cl)cc1Br. The van der Waals surface area contributed by atoms with Gasteiger partial charge in [0.25, 0.3) is 0 Å². The maximum atomic E-state index is 13.2. The predicted octanol–water partition coefficient (Wildman–Crippen LogP) is 4.01. The lowest BCUT2D eigenvalue weighted by atomic mass is 10.3. The van der Waals surface area contributed by atoms with Gasteiger partial charge in [0.15, 0.2) is 0 Å². The lowest BCUT2D eigenvalue weighted by Gasteiger charge is -2.09. The van der Waals surface area contributed by atoms with Gasteiger partial charge in [-0.1, -0.05) is 18.5 Å². The van der Waals surface area contributed by atoms with Gasteiger partial charge in [-0.25, -0.2) is 4.39 Å². The van der Waals surface area contributed by atoms with E-state index >= 15 is 0 Å². The summed E-state index contributed by atoms with van der Waals surface area (Å²) in [6, 6.07) is 2.81. The van der Waals surface area contributed by atoms with Gasteiger partial charge >= 0.3 is 0 Å². The van der Waals surface area contributed by atoms with E-state index in [2.05, 4.69) is 28.2 Å². The van der Waals surface area contributed by atoms with E-state index in [0.29, 0.717) is 16.8 Å². The highest BCUT2D eigenvalue weighted by Gasteiger charge is 2.07. The van der Waals surface area contributed by atoms with E-state index in [-0.39, 0.29) is 5.02 Å².